The third-order valence-electron chi connectivity index (χ3n) is 3.52. The van der Waals surface area contributed by atoms with Crippen LogP contribution in [0.25, 0.3) is 0 Å². The van der Waals surface area contributed by atoms with Crippen molar-refractivity contribution in [3.05, 3.63) is 16.7 Å². The van der Waals surface area contributed by atoms with Gasteiger partial charge in [-0.05, 0) is 41.9 Å². The first-order valence-corrected chi connectivity index (χ1v) is 6.72. The average molecular weight is 312 g/mol. The van der Waals surface area contributed by atoms with Gasteiger partial charge in [0.15, 0.2) is 17.7 Å². The van der Waals surface area contributed by atoms with Crippen molar-refractivity contribution in [2.24, 2.45) is 5.41 Å². The van der Waals surface area contributed by atoms with E-state index in [4.69, 9.17) is 4.74 Å². The number of aromatic nitrogens is 1. The highest BCUT2D eigenvalue weighted by Gasteiger charge is 2.55. The van der Waals surface area contributed by atoms with Crippen LogP contribution in [-0.2, 0) is 4.79 Å². The normalized spacial score (nSPS) is 23.9. The summed E-state index contributed by atoms with van der Waals surface area (Å²) in [6, 6.07) is 1.84. The van der Waals surface area contributed by atoms with Gasteiger partial charge in [-0.3, -0.25) is 4.79 Å². The van der Waals surface area contributed by atoms with Crippen molar-refractivity contribution in [2.45, 2.75) is 18.9 Å². The molecule has 1 aromatic rings. The minimum absolute atomic E-state index is 0.0567. The summed E-state index contributed by atoms with van der Waals surface area (Å²) in [5, 5.41) is 5.96. The van der Waals surface area contributed by atoms with Crippen LogP contribution in [0.4, 0.5) is 5.82 Å². The molecule has 2 N–H and O–H groups in total. The number of fused-ring (bicyclic) bond motifs is 1. The molecule has 1 fully saturated rings. The number of rotatable bonds is 3. The summed E-state index contributed by atoms with van der Waals surface area (Å²) in [4.78, 5) is 16.2. The molecule has 6 heteroatoms. The van der Waals surface area contributed by atoms with Crippen LogP contribution in [0.15, 0.2) is 16.7 Å². The number of carbonyl (C=O) groups is 1. The van der Waals surface area contributed by atoms with Gasteiger partial charge in [-0.15, -0.1) is 0 Å². The maximum atomic E-state index is 12.1. The molecule has 0 radical (unpaired) electrons. The largest absolute Gasteiger partial charge is 0.476 e. The van der Waals surface area contributed by atoms with Crippen molar-refractivity contribution >= 4 is 27.7 Å². The average Bonchev–Trinajstić information content (AvgIpc) is 3.10. The second-order valence-corrected chi connectivity index (χ2v) is 5.80. The van der Waals surface area contributed by atoms with Gasteiger partial charge in [0.25, 0.3) is 5.91 Å². The molecule has 2 aliphatic rings. The third kappa shape index (κ3) is 1.89. The highest BCUT2D eigenvalue weighted by molar-refractivity contribution is 9.10. The molecule has 1 aromatic heterocycles. The van der Waals surface area contributed by atoms with Crippen LogP contribution in [-0.4, -0.2) is 30.6 Å². The fraction of sp³-hybridized carbons (Fsp3) is 0.500. The number of hydrogen-bond donors (Lipinski definition) is 2. The smallest absolute Gasteiger partial charge is 0.267 e. The summed E-state index contributed by atoms with van der Waals surface area (Å²) in [5.74, 6) is 1.04. The van der Waals surface area contributed by atoms with E-state index in [2.05, 4.69) is 31.5 Å². The van der Waals surface area contributed by atoms with Crippen LogP contribution in [0.5, 0.6) is 5.75 Å². The molecular formula is C12H14BrN3O2. The molecule has 1 atom stereocenters. The Bertz CT molecular complexity index is 502. The number of ether oxygens (including phenoxy) is 1. The van der Waals surface area contributed by atoms with Gasteiger partial charge in [-0.1, -0.05) is 0 Å². The minimum atomic E-state index is -0.423. The highest BCUT2D eigenvalue weighted by atomic mass is 79.9. The van der Waals surface area contributed by atoms with Gasteiger partial charge in [0.05, 0.1) is 0 Å². The molecule has 18 heavy (non-hydrogen) atoms. The van der Waals surface area contributed by atoms with E-state index in [1.54, 1.807) is 6.20 Å². The maximum absolute atomic E-state index is 12.1. The van der Waals surface area contributed by atoms with Gasteiger partial charge >= 0.3 is 0 Å². The number of carbonyl (C=O) groups excluding carboxylic acids is 1. The molecule has 2 heterocycles. The third-order valence-corrected chi connectivity index (χ3v) is 3.95. The van der Waals surface area contributed by atoms with E-state index in [0.717, 1.165) is 23.9 Å². The Balaban J connectivity index is 1.89. The second-order valence-electron chi connectivity index (χ2n) is 4.88. The minimum Gasteiger partial charge on any atom is -0.476 e. The van der Waals surface area contributed by atoms with Crippen LogP contribution in [0.2, 0.25) is 0 Å². The van der Waals surface area contributed by atoms with Crippen molar-refractivity contribution in [1.29, 1.82) is 0 Å². The lowest BCUT2D eigenvalue weighted by Gasteiger charge is -2.31. The Labute approximate surface area is 113 Å². The molecular weight excluding hydrogens is 298 g/mol. The summed E-state index contributed by atoms with van der Waals surface area (Å²) < 4.78 is 6.70. The molecule has 0 saturated heterocycles. The SMILES string of the molecule is CNCC1(C2Oc3cc(Br)cnc3NC2=O)CC1. The van der Waals surface area contributed by atoms with Gasteiger partial charge in [0, 0.05) is 22.6 Å². The number of nitrogens with zero attached hydrogens (tertiary/aromatic N) is 1. The molecule has 3 rings (SSSR count). The predicted molar refractivity (Wildman–Crippen MR) is 70.6 cm³/mol. The molecule has 1 aliphatic heterocycles. The topological polar surface area (TPSA) is 63.2 Å². The lowest BCUT2D eigenvalue weighted by atomic mass is 9.97. The number of amides is 1. The van der Waals surface area contributed by atoms with Gasteiger partial charge < -0.3 is 15.4 Å². The molecule has 96 valence electrons. The first-order chi connectivity index (χ1) is 8.64. The van der Waals surface area contributed by atoms with Crippen LogP contribution >= 0.6 is 15.9 Å². The molecule has 1 saturated carbocycles. The number of pyridine rings is 1. The zero-order chi connectivity index (χ0) is 12.8. The maximum Gasteiger partial charge on any atom is 0.267 e. The fourth-order valence-corrected chi connectivity index (χ4v) is 2.72. The van der Waals surface area contributed by atoms with Crippen LogP contribution in [0.3, 0.4) is 0 Å². The van der Waals surface area contributed by atoms with Crippen molar-refractivity contribution in [3.8, 4) is 5.75 Å². The summed E-state index contributed by atoms with van der Waals surface area (Å²) in [7, 11) is 1.90. The highest BCUT2D eigenvalue weighted by Crippen LogP contribution is 2.51. The van der Waals surface area contributed by atoms with E-state index in [1.807, 2.05) is 13.1 Å². The van der Waals surface area contributed by atoms with Crippen LogP contribution in [0, 0.1) is 5.41 Å². The van der Waals surface area contributed by atoms with Gasteiger partial charge in [0.2, 0.25) is 0 Å². The second kappa shape index (κ2) is 4.20. The summed E-state index contributed by atoms with van der Waals surface area (Å²) >= 11 is 3.35. The van der Waals surface area contributed by atoms with E-state index in [0.29, 0.717) is 11.6 Å². The summed E-state index contributed by atoms with van der Waals surface area (Å²) in [6.45, 7) is 0.794. The van der Waals surface area contributed by atoms with E-state index in [-0.39, 0.29) is 11.3 Å². The zero-order valence-electron chi connectivity index (χ0n) is 10.00. The molecule has 1 amide bonds. The Kier molecular flexibility index (Phi) is 2.79. The monoisotopic (exact) mass is 311 g/mol. The van der Waals surface area contributed by atoms with E-state index < -0.39 is 6.10 Å². The van der Waals surface area contributed by atoms with E-state index in [1.165, 1.54) is 0 Å². The molecule has 5 nitrogen and oxygen atoms in total. The van der Waals surface area contributed by atoms with Gasteiger partial charge in [0.1, 0.15) is 0 Å². The first-order valence-electron chi connectivity index (χ1n) is 5.92. The number of hydrogen-bond acceptors (Lipinski definition) is 4. The molecule has 0 bridgehead atoms. The van der Waals surface area contributed by atoms with E-state index >= 15 is 0 Å². The van der Waals surface area contributed by atoms with Crippen molar-refractivity contribution < 1.29 is 9.53 Å². The quantitative estimate of drug-likeness (QED) is 0.889. The van der Waals surface area contributed by atoms with Crippen molar-refractivity contribution in [1.82, 2.24) is 10.3 Å². The van der Waals surface area contributed by atoms with E-state index in [9.17, 15) is 4.79 Å². The predicted octanol–water partition coefficient (Wildman–Crippen LogP) is 1.54. The molecule has 0 spiro atoms. The van der Waals surface area contributed by atoms with Crippen molar-refractivity contribution in [3.63, 3.8) is 0 Å². The molecule has 1 unspecified atom stereocenters. The number of nitrogens with one attached hydrogen (secondary N) is 2. The molecule has 1 aliphatic carbocycles. The Morgan fingerprint density at radius 3 is 3.11 bits per heavy atom. The standard InChI is InChI=1S/C12H14BrN3O2/c1-14-6-12(2-3-12)9-11(17)16-10-8(18-9)4-7(13)5-15-10/h4-5,9,14H,2-3,6H2,1H3,(H,15,16,17). The number of halogens is 1. The Morgan fingerprint density at radius 2 is 2.44 bits per heavy atom. The van der Waals surface area contributed by atoms with Gasteiger partial charge in [-0.2, -0.15) is 0 Å². The Morgan fingerprint density at radius 1 is 1.67 bits per heavy atom. The number of anilines is 1. The zero-order valence-corrected chi connectivity index (χ0v) is 11.6. The molecule has 0 aromatic carbocycles. The lowest BCUT2D eigenvalue weighted by molar-refractivity contribution is -0.126. The first kappa shape index (κ1) is 11.9. The van der Waals surface area contributed by atoms with Crippen LogP contribution in [0.1, 0.15) is 12.8 Å². The summed E-state index contributed by atoms with van der Waals surface area (Å²) in [5.41, 5.74) is -0.0567. The summed E-state index contributed by atoms with van der Waals surface area (Å²) in [6.07, 6.45) is 3.25. The van der Waals surface area contributed by atoms with Gasteiger partial charge in [-0.25, -0.2) is 4.98 Å². The van der Waals surface area contributed by atoms with Crippen molar-refractivity contribution in [2.75, 3.05) is 18.9 Å². The fourth-order valence-electron chi connectivity index (χ4n) is 2.41. The van der Waals surface area contributed by atoms with Crippen LogP contribution < -0.4 is 15.4 Å². The Hall–Kier alpha value is -1.14. The lowest BCUT2D eigenvalue weighted by Crippen LogP contribution is -2.47.